The lowest BCUT2D eigenvalue weighted by Crippen LogP contribution is -2.34. The number of carbonyl (C=O) groups is 2. The van der Waals surface area contributed by atoms with Crippen LogP contribution in [0.1, 0.15) is 16.8 Å². The van der Waals surface area contributed by atoms with E-state index in [0.717, 1.165) is 0 Å². The molecule has 1 fully saturated rings. The first-order valence-electron chi connectivity index (χ1n) is 5.36. The van der Waals surface area contributed by atoms with E-state index in [9.17, 15) is 9.59 Å². The number of carbonyl (C=O) groups excluding carboxylic acids is 2. The highest BCUT2D eigenvalue weighted by Gasteiger charge is 2.33. The number of para-hydroxylation sites is 1. The van der Waals surface area contributed by atoms with E-state index < -0.39 is 0 Å². The number of amides is 2. The summed E-state index contributed by atoms with van der Waals surface area (Å²) in [6.07, 6.45) is 0.223. The first-order valence-corrected chi connectivity index (χ1v) is 5.36. The average Bonchev–Trinajstić information content (AvgIpc) is 2.67. The van der Waals surface area contributed by atoms with Gasteiger partial charge in [0.25, 0.3) is 5.91 Å². The lowest BCUT2D eigenvalue weighted by Gasteiger charge is -2.15. The number of imide groups is 1. The van der Waals surface area contributed by atoms with Crippen molar-refractivity contribution in [3.63, 3.8) is 0 Å². The molecule has 90 valence electrons. The summed E-state index contributed by atoms with van der Waals surface area (Å²) in [4.78, 5) is 24.9. The number of hydrogen-bond acceptors (Lipinski definition) is 4. The summed E-state index contributed by atoms with van der Waals surface area (Å²) in [6.45, 7) is 0.274. The van der Waals surface area contributed by atoms with Crippen LogP contribution in [0.4, 0.5) is 0 Å². The largest absolute Gasteiger partial charge is 0.496 e. The minimum absolute atomic E-state index is 0.223. The molecule has 2 rings (SSSR count). The summed E-state index contributed by atoms with van der Waals surface area (Å²) < 4.78 is 5.10. The summed E-state index contributed by atoms with van der Waals surface area (Å²) in [5.74, 6) is -0.112. The number of benzene rings is 1. The van der Waals surface area contributed by atoms with E-state index in [1.165, 1.54) is 12.0 Å². The molecule has 0 saturated carbocycles. The van der Waals surface area contributed by atoms with Crippen LogP contribution in [0.2, 0.25) is 0 Å². The van der Waals surface area contributed by atoms with Gasteiger partial charge in [-0.15, -0.1) is 0 Å². The van der Waals surface area contributed by atoms with E-state index in [0.29, 0.717) is 11.3 Å². The molecule has 1 atom stereocenters. The number of nitrogens with two attached hydrogens (primary N) is 1. The monoisotopic (exact) mass is 234 g/mol. The van der Waals surface area contributed by atoms with Crippen molar-refractivity contribution in [1.29, 1.82) is 0 Å². The zero-order valence-corrected chi connectivity index (χ0v) is 9.55. The molecule has 1 aromatic carbocycles. The van der Waals surface area contributed by atoms with Crippen molar-refractivity contribution in [2.75, 3.05) is 13.7 Å². The van der Waals surface area contributed by atoms with Crippen LogP contribution in [0.25, 0.3) is 0 Å². The van der Waals surface area contributed by atoms with Gasteiger partial charge in [-0.05, 0) is 12.1 Å². The molecule has 0 radical (unpaired) electrons. The van der Waals surface area contributed by atoms with Gasteiger partial charge in [0.05, 0.1) is 12.7 Å². The molecule has 0 spiro atoms. The molecule has 2 N–H and O–H groups in total. The van der Waals surface area contributed by atoms with Crippen LogP contribution in [0, 0.1) is 0 Å². The maximum Gasteiger partial charge on any atom is 0.264 e. The molecule has 0 aliphatic carbocycles. The number of likely N-dealkylation sites (tertiary alicyclic amines) is 1. The number of ether oxygens (including phenoxy) is 1. The summed E-state index contributed by atoms with van der Waals surface area (Å²) in [5.41, 5.74) is 6.04. The molecule has 0 bridgehead atoms. The molecule has 1 heterocycles. The Morgan fingerprint density at radius 2 is 2.18 bits per heavy atom. The average molecular weight is 234 g/mol. The van der Waals surface area contributed by atoms with Crippen molar-refractivity contribution in [3.8, 4) is 5.75 Å². The molecule has 0 aromatic heterocycles. The zero-order valence-electron chi connectivity index (χ0n) is 9.55. The second-order valence-electron chi connectivity index (χ2n) is 3.97. The Balaban J connectivity index is 2.28. The predicted molar refractivity (Wildman–Crippen MR) is 61.6 cm³/mol. The molecule has 1 saturated heterocycles. The fourth-order valence-electron chi connectivity index (χ4n) is 1.90. The third kappa shape index (κ3) is 2.14. The first-order chi connectivity index (χ1) is 8.13. The Morgan fingerprint density at radius 3 is 2.76 bits per heavy atom. The van der Waals surface area contributed by atoms with Crippen LogP contribution in [-0.2, 0) is 4.79 Å². The van der Waals surface area contributed by atoms with Crippen molar-refractivity contribution < 1.29 is 14.3 Å². The van der Waals surface area contributed by atoms with Gasteiger partial charge >= 0.3 is 0 Å². The van der Waals surface area contributed by atoms with Crippen LogP contribution >= 0.6 is 0 Å². The van der Waals surface area contributed by atoms with Gasteiger partial charge in [-0.25, -0.2) is 0 Å². The van der Waals surface area contributed by atoms with Crippen molar-refractivity contribution in [2.45, 2.75) is 12.5 Å². The summed E-state index contributed by atoms with van der Waals surface area (Å²) >= 11 is 0. The normalized spacial score (nSPS) is 19.5. The second kappa shape index (κ2) is 4.55. The highest BCUT2D eigenvalue weighted by atomic mass is 16.5. The Labute approximate surface area is 99.2 Å². The molecule has 5 heteroatoms. The van der Waals surface area contributed by atoms with Crippen LogP contribution < -0.4 is 10.5 Å². The smallest absolute Gasteiger partial charge is 0.264 e. The molecular formula is C12H14N2O3. The summed E-state index contributed by atoms with van der Waals surface area (Å²) in [6, 6.07) is 6.57. The van der Waals surface area contributed by atoms with E-state index >= 15 is 0 Å². The fraction of sp³-hybridized carbons (Fsp3) is 0.333. The molecule has 2 amide bonds. The van der Waals surface area contributed by atoms with E-state index in [-0.39, 0.29) is 30.8 Å². The number of hydrogen-bond donors (Lipinski definition) is 1. The molecular weight excluding hydrogens is 220 g/mol. The number of methoxy groups -OCH3 is 1. The Kier molecular flexibility index (Phi) is 3.10. The Morgan fingerprint density at radius 1 is 1.47 bits per heavy atom. The molecule has 17 heavy (non-hydrogen) atoms. The standard InChI is InChI=1S/C12H14N2O3/c1-17-10-5-3-2-4-9(10)12(16)14-7-8(13)6-11(14)15/h2-5,8H,6-7,13H2,1H3. The first kappa shape index (κ1) is 11.6. The molecule has 1 aliphatic rings. The van der Waals surface area contributed by atoms with Gasteiger partial charge in [-0.3, -0.25) is 14.5 Å². The van der Waals surface area contributed by atoms with Gasteiger partial charge < -0.3 is 10.5 Å². The van der Waals surface area contributed by atoms with E-state index in [1.54, 1.807) is 24.3 Å². The van der Waals surface area contributed by atoms with Crippen LogP contribution in [0.3, 0.4) is 0 Å². The highest BCUT2D eigenvalue weighted by Crippen LogP contribution is 2.21. The van der Waals surface area contributed by atoms with Crippen molar-refractivity contribution in [3.05, 3.63) is 29.8 Å². The molecule has 5 nitrogen and oxygen atoms in total. The van der Waals surface area contributed by atoms with Gasteiger partial charge in [0, 0.05) is 19.0 Å². The third-order valence-corrected chi connectivity index (χ3v) is 2.74. The van der Waals surface area contributed by atoms with Crippen LogP contribution in [0.15, 0.2) is 24.3 Å². The highest BCUT2D eigenvalue weighted by molar-refractivity contribution is 6.07. The third-order valence-electron chi connectivity index (χ3n) is 2.74. The van der Waals surface area contributed by atoms with Gasteiger partial charge in [0.15, 0.2) is 0 Å². The van der Waals surface area contributed by atoms with E-state index in [2.05, 4.69) is 0 Å². The zero-order chi connectivity index (χ0) is 12.4. The van der Waals surface area contributed by atoms with Crippen molar-refractivity contribution >= 4 is 11.8 Å². The number of rotatable bonds is 2. The van der Waals surface area contributed by atoms with Crippen molar-refractivity contribution in [1.82, 2.24) is 4.90 Å². The van der Waals surface area contributed by atoms with Gasteiger partial charge in [-0.1, -0.05) is 12.1 Å². The lowest BCUT2D eigenvalue weighted by atomic mass is 10.2. The van der Waals surface area contributed by atoms with Crippen LogP contribution in [-0.4, -0.2) is 36.4 Å². The Hall–Kier alpha value is -1.88. The van der Waals surface area contributed by atoms with Crippen molar-refractivity contribution in [2.24, 2.45) is 5.73 Å². The fourth-order valence-corrected chi connectivity index (χ4v) is 1.90. The predicted octanol–water partition coefficient (Wildman–Crippen LogP) is 0.395. The minimum atomic E-state index is -0.347. The second-order valence-corrected chi connectivity index (χ2v) is 3.97. The van der Waals surface area contributed by atoms with E-state index in [4.69, 9.17) is 10.5 Å². The molecule has 1 aliphatic heterocycles. The maximum atomic E-state index is 12.2. The topological polar surface area (TPSA) is 72.6 Å². The maximum absolute atomic E-state index is 12.2. The lowest BCUT2D eigenvalue weighted by molar-refractivity contribution is -0.125. The summed E-state index contributed by atoms with van der Waals surface area (Å²) in [5, 5.41) is 0. The molecule has 1 unspecified atom stereocenters. The summed E-state index contributed by atoms with van der Waals surface area (Å²) in [7, 11) is 1.49. The quantitative estimate of drug-likeness (QED) is 0.751. The van der Waals surface area contributed by atoms with Gasteiger partial charge in [0.1, 0.15) is 5.75 Å². The molecule has 1 aromatic rings. The van der Waals surface area contributed by atoms with E-state index in [1.807, 2.05) is 0 Å². The number of nitrogens with zero attached hydrogens (tertiary/aromatic N) is 1. The van der Waals surface area contributed by atoms with Crippen LogP contribution in [0.5, 0.6) is 5.75 Å². The van der Waals surface area contributed by atoms with Gasteiger partial charge in [-0.2, -0.15) is 0 Å². The van der Waals surface area contributed by atoms with Gasteiger partial charge in [0.2, 0.25) is 5.91 Å². The SMILES string of the molecule is COc1ccccc1C(=O)N1CC(N)CC1=O. The minimum Gasteiger partial charge on any atom is -0.496 e. The Bertz CT molecular complexity index is 459.